The van der Waals surface area contributed by atoms with Crippen molar-refractivity contribution in [3.05, 3.63) is 20.3 Å². The van der Waals surface area contributed by atoms with Gasteiger partial charge < -0.3 is 0 Å². The topological polar surface area (TPSA) is 17.1 Å². The SMILES string of the molecule is O=C(CCC(F)(F)F)c1scc(C(F)(F)F)c1Br. The Balaban J connectivity index is 2.86. The smallest absolute Gasteiger partial charge is 0.293 e. The van der Waals surface area contributed by atoms with Crippen molar-refractivity contribution in [2.75, 3.05) is 0 Å². The van der Waals surface area contributed by atoms with Crippen LogP contribution >= 0.6 is 27.3 Å². The number of carbonyl (C=O) groups excluding carboxylic acids is 1. The number of hydrogen-bond acceptors (Lipinski definition) is 2. The van der Waals surface area contributed by atoms with E-state index in [0.717, 1.165) is 0 Å². The van der Waals surface area contributed by atoms with Crippen LogP contribution in [0.5, 0.6) is 0 Å². The van der Waals surface area contributed by atoms with E-state index in [1.807, 2.05) is 0 Å². The molecule has 0 N–H and O–H groups in total. The molecule has 1 heterocycles. The molecule has 0 saturated carbocycles. The second kappa shape index (κ2) is 5.20. The fourth-order valence-electron chi connectivity index (χ4n) is 1.09. The lowest BCUT2D eigenvalue weighted by Crippen LogP contribution is -2.11. The third-order valence-electron chi connectivity index (χ3n) is 1.92. The highest BCUT2D eigenvalue weighted by Gasteiger charge is 2.36. The van der Waals surface area contributed by atoms with Crippen molar-refractivity contribution in [3.8, 4) is 0 Å². The van der Waals surface area contributed by atoms with Gasteiger partial charge in [-0.25, -0.2) is 0 Å². The lowest BCUT2D eigenvalue weighted by Gasteiger charge is -2.06. The molecule has 0 radical (unpaired) electrons. The number of hydrogen-bond donors (Lipinski definition) is 0. The van der Waals surface area contributed by atoms with Crippen molar-refractivity contribution in [1.29, 1.82) is 0 Å². The summed E-state index contributed by atoms with van der Waals surface area (Å²) < 4.78 is 72.3. The van der Waals surface area contributed by atoms with Gasteiger partial charge in [-0.1, -0.05) is 0 Å². The third kappa shape index (κ3) is 3.98. The van der Waals surface area contributed by atoms with Crippen LogP contribution in [0.2, 0.25) is 0 Å². The highest BCUT2D eigenvalue weighted by molar-refractivity contribution is 9.10. The highest BCUT2D eigenvalue weighted by atomic mass is 79.9. The maximum atomic E-state index is 12.4. The predicted molar refractivity (Wildman–Crippen MR) is 56.6 cm³/mol. The molecule has 0 atom stereocenters. The molecule has 1 aromatic rings. The molecule has 9 heteroatoms. The molecule has 0 bridgehead atoms. The Morgan fingerprint density at radius 2 is 1.78 bits per heavy atom. The first-order valence-corrected chi connectivity index (χ1v) is 6.14. The summed E-state index contributed by atoms with van der Waals surface area (Å²) in [6, 6.07) is 0. The van der Waals surface area contributed by atoms with Gasteiger partial charge in [0, 0.05) is 11.8 Å². The number of ketones is 1. The van der Waals surface area contributed by atoms with Crippen molar-refractivity contribution in [2.24, 2.45) is 0 Å². The van der Waals surface area contributed by atoms with Crippen molar-refractivity contribution in [2.45, 2.75) is 25.2 Å². The summed E-state index contributed by atoms with van der Waals surface area (Å²) in [5.74, 6) is -0.959. The van der Waals surface area contributed by atoms with Crippen LogP contribution in [0, 0.1) is 0 Å². The van der Waals surface area contributed by atoms with Crippen molar-refractivity contribution < 1.29 is 31.1 Å². The van der Waals surface area contributed by atoms with Gasteiger partial charge in [-0.15, -0.1) is 11.3 Å². The van der Waals surface area contributed by atoms with Gasteiger partial charge in [0.05, 0.1) is 21.3 Å². The summed E-state index contributed by atoms with van der Waals surface area (Å²) in [7, 11) is 0. The maximum absolute atomic E-state index is 12.4. The first kappa shape index (κ1) is 15.5. The number of carbonyl (C=O) groups is 1. The summed E-state index contributed by atoms with van der Waals surface area (Å²) in [6.45, 7) is 0. The summed E-state index contributed by atoms with van der Waals surface area (Å²) in [4.78, 5) is 11.0. The van der Waals surface area contributed by atoms with Gasteiger partial charge in [0.2, 0.25) is 0 Å². The molecule has 0 amide bonds. The van der Waals surface area contributed by atoms with Gasteiger partial charge in [0.1, 0.15) is 0 Å². The lowest BCUT2D eigenvalue weighted by atomic mass is 10.1. The van der Waals surface area contributed by atoms with Crippen LogP contribution in [0.1, 0.15) is 28.1 Å². The molecule has 0 aliphatic heterocycles. The van der Waals surface area contributed by atoms with Crippen molar-refractivity contribution >= 4 is 33.0 Å². The third-order valence-corrected chi connectivity index (χ3v) is 4.03. The Morgan fingerprint density at radius 3 is 2.17 bits per heavy atom. The Kier molecular flexibility index (Phi) is 4.47. The van der Waals surface area contributed by atoms with Gasteiger partial charge in [-0.2, -0.15) is 26.3 Å². The van der Waals surface area contributed by atoms with Gasteiger partial charge in [0.15, 0.2) is 5.78 Å². The minimum absolute atomic E-state index is 0.341. The second-order valence-electron chi connectivity index (χ2n) is 3.33. The summed E-state index contributed by atoms with van der Waals surface area (Å²) in [5, 5.41) is 0.699. The van der Waals surface area contributed by atoms with Crippen LogP contribution in [0.25, 0.3) is 0 Å². The van der Waals surface area contributed by atoms with E-state index in [9.17, 15) is 31.1 Å². The van der Waals surface area contributed by atoms with E-state index in [1.165, 1.54) is 0 Å². The predicted octanol–water partition coefficient (Wildman–Crippen LogP) is 5.05. The fraction of sp³-hybridized carbons (Fsp3) is 0.444. The highest BCUT2D eigenvalue weighted by Crippen LogP contribution is 2.40. The van der Waals surface area contributed by atoms with Gasteiger partial charge in [0.25, 0.3) is 0 Å². The molecular formula is C9H5BrF6OS. The van der Waals surface area contributed by atoms with E-state index in [1.54, 1.807) is 0 Å². The molecule has 0 unspecified atom stereocenters. The number of halogens is 7. The molecule has 102 valence electrons. The zero-order valence-electron chi connectivity index (χ0n) is 8.45. The number of rotatable bonds is 3. The molecule has 1 nitrogen and oxygen atoms in total. The molecule has 0 saturated heterocycles. The largest absolute Gasteiger partial charge is 0.418 e. The first-order chi connectivity index (χ1) is 8.02. The summed E-state index contributed by atoms with van der Waals surface area (Å²) >= 11 is 3.07. The maximum Gasteiger partial charge on any atom is 0.418 e. The second-order valence-corrected chi connectivity index (χ2v) is 5.00. The Morgan fingerprint density at radius 1 is 1.22 bits per heavy atom. The quantitative estimate of drug-likeness (QED) is 0.548. The lowest BCUT2D eigenvalue weighted by molar-refractivity contribution is -0.138. The van der Waals surface area contributed by atoms with E-state index < -0.39 is 41.0 Å². The fourth-order valence-corrected chi connectivity index (χ4v) is 3.02. The first-order valence-electron chi connectivity index (χ1n) is 4.46. The Bertz CT molecular complexity index is 447. The van der Waals surface area contributed by atoms with Gasteiger partial charge >= 0.3 is 12.4 Å². The molecule has 1 rings (SSSR count). The van der Waals surface area contributed by atoms with Crippen LogP contribution < -0.4 is 0 Å². The molecule has 1 aromatic heterocycles. The Labute approximate surface area is 110 Å². The van der Waals surface area contributed by atoms with Gasteiger partial charge in [-0.3, -0.25) is 4.79 Å². The molecule has 0 aliphatic rings. The molecule has 0 fully saturated rings. The van der Waals surface area contributed by atoms with Crippen LogP contribution in [0.3, 0.4) is 0 Å². The van der Waals surface area contributed by atoms with E-state index >= 15 is 0 Å². The van der Waals surface area contributed by atoms with Crippen LogP contribution in [0.4, 0.5) is 26.3 Å². The zero-order chi connectivity index (χ0) is 14.1. The standard InChI is InChI=1S/C9H5BrF6OS/c10-6-4(9(14,15)16)3-18-7(6)5(17)1-2-8(11,12)13/h3H,1-2H2. The Hall–Kier alpha value is -0.570. The molecule has 0 spiro atoms. The van der Waals surface area contributed by atoms with Crippen molar-refractivity contribution in [3.63, 3.8) is 0 Å². The summed E-state index contributed by atoms with van der Waals surface area (Å²) in [5.41, 5.74) is -1.05. The average Bonchev–Trinajstić information content (AvgIpc) is 2.54. The number of alkyl halides is 6. The van der Waals surface area contributed by atoms with E-state index in [-0.39, 0.29) is 4.88 Å². The zero-order valence-corrected chi connectivity index (χ0v) is 10.9. The molecular weight excluding hydrogens is 350 g/mol. The van der Waals surface area contributed by atoms with E-state index in [2.05, 4.69) is 15.9 Å². The van der Waals surface area contributed by atoms with Gasteiger partial charge in [-0.05, 0) is 15.9 Å². The van der Waals surface area contributed by atoms with Crippen LogP contribution in [-0.4, -0.2) is 12.0 Å². The molecule has 0 aliphatic carbocycles. The monoisotopic (exact) mass is 354 g/mol. The number of thiophene rings is 1. The number of Topliss-reactive ketones (excluding diaryl/α,β-unsaturated/α-hetero) is 1. The van der Waals surface area contributed by atoms with Crippen LogP contribution in [-0.2, 0) is 6.18 Å². The summed E-state index contributed by atoms with van der Waals surface area (Å²) in [6.07, 6.45) is -11.4. The van der Waals surface area contributed by atoms with Crippen molar-refractivity contribution in [1.82, 2.24) is 0 Å². The van der Waals surface area contributed by atoms with E-state index in [0.29, 0.717) is 16.7 Å². The van der Waals surface area contributed by atoms with Crippen LogP contribution in [0.15, 0.2) is 9.85 Å². The molecule has 18 heavy (non-hydrogen) atoms. The normalized spacial score (nSPS) is 12.8. The minimum atomic E-state index is -4.64. The minimum Gasteiger partial charge on any atom is -0.293 e. The average molecular weight is 355 g/mol. The molecule has 0 aromatic carbocycles. The van der Waals surface area contributed by atoms with E-state index in [4.69, 9.17) is 0 Å².